The fourth-order valence-corrected chi connectivity index (χ4v) is 1.75. The molecule has 0 aromatic carbocycles. The number of anilines is 1. The highest BCUT2D eigenvalue weighted by atomic mass is 79.9. The number of carbonyl (C=O) groups excluding carboxylic acids is 1. The van der Waals surface area contributed by atoms with Crippen LogP contribution in [0.4, 0.5) is 10.2 Å². The van der Waals surface area contributed by atoms with Gasteiger partial charge in [-0.1, -0.05) is 0 Å². The second-order valence-electron chi connectivity index (χ2n) is 3.52. The lowest BCUT2D eigenvalue weighted by molar-refractivity contribution is 0.0527. The molecular formula is C11H10BrFN4O2. The summed E-state index contributed by atoms with van der Waals surface area (Å²) >= 11 is 2.97. The fraction of sp³-hybridized carbons (Fsp3) is 0.182. The van der Waals surface area contributed by atoms with Gasteiger partial charge < -0.3 is 10.5 Å². The third kappa shape index (κ3) is 2.58. The van der Waals surface area contributed by atoms with E-state index in [9.17, 15) is 9.18 Å². The lowest BCUT2D eigenvalue weighted by Crippen LogP contribution is -2.09. The van der Waals surface area contributed by atoms with E-state index in [1.54, 1.807) is 6.92 Å². The molecule has 0 aliphatic rings. The summed E-state index contributed by atoms with van der Waals surface area (Å²) in [6.45, 7) is 1.93. The molecule has 2 N–H and O–H groups in total. The molecule has 6 nitrogen and oxygen atoms in total. The third-order valence-electron chi connectivity index (χ3n) is 2.31. The van der Waals surface area contributed by atoms with Crippen LogP contribution >= 0.6 is 15.9 Å². The summed E-state index contributed by atoms with van der Waals surface area (Å²) in [7, 11) is 0. The molecule has 0 saturated carbocycles. The van der Waals surface area contributed by atoms with Crippen LogP contribution in [-0.2, 0) is 4.74 Å². The van der Waals surface area contributed by atoms with Gasteiger partial charge in [0.05, 0.1) is 12.8 Å². The molecule has 2 aromatic heterocycles. The van der Waals surface area contributed by atoms with Gasteiger partial charge in [0.25, 0.3) is 0 Å². The van der Waals surface area contributed by atoms with Crippen LogP contribution in [0.2, 0.25) is 0 Å². The van der Waals surface area contributed by atoms with Crippen molar-refractivity contribution >= 4 is 27.7 Å². The third-order valence-corrected chi connectivity index (χ3v) is 2.86. The van der Waals surface area contributed by atoms with Gasteiger partial charge in [0.15, 0.2) is 11.6 Å². The topological polar surface area (TPSA) is 83.0 Å². The molecule has 100 valence electrons. The number of hydrogen-bond donors (Lipinski definition) is 1. The number of nitrogen functional groups attached to an aromatic ring is 1. The van der Waals surface area contributed by atoms with Crippen molar-refractivity contribution in [3.63, 3.8) is 0 Å². The van der Waals surface area contributed by atoms with Crippen LogP contribution in [0, 0.1) is 5.82 Å². The van der Waals surface area contributed by atoms with E-state index in [1.165, 1.54) is 23.0 Å². The van der Waals surface area contributed by atoms with Gasteiger partial charge >= 0.3 is 5.97 Å². The zero-order valence-electron chi connectivity index (χ0n) is 9.93. The molecule has 2 rings (SSSR count). The van der Waals surface area contributed by atoms with Gasteiger partial charge in [-0.25, -0.2) is 14.2 Å². The number of carbonyl (C=O) groups is 1. The van der Waals surface area contributed by atoms with E-state index in [1.807, 2.05) is 0 Å². The summed E-state index contributed by atoms with van der Waals surface area (Å²) in [6, 6.07) is 2.62. The minimum Gasteiger partial charge on any atom is -0.462 e. The van der Waals surface area contributed by atoms with E-state index in [4.69, 9.17) is 10.5 Å². The molecular weight excluding hydrogens is 319 g/mol. The number of halogens is 2. The quantitative estimate of drug-likeness (QED) is 0.687. The molecule has 0 bridgehead atoms. The number of esters is 1. The number of pyridine rings is 1. The first-order valence-electron chi connectivity index (χ1n) is 5.37. The van der Waals surface area contributed by atoms with Gasteiger partial charge in [-0.05, 0) is 35.0 Å². The van der Waals surface area contributed by atoms with Crippen molar-refractivity contribution in [2.45, 2.75) is 6.92 Å². The van der Waals surface area contributed by atoms with E-state index in [-0.39, 0.29) is 22.6 Å². The van der Waals surface area contributed by atoms with Crippen LogP contribution in [0.1, 0.15) is 17.3 Å². The Kier molecular flexibility index (Phi) is 3.79. The van der Waals surface area contributed by atoms with Gasteiger partial charge in [0, 0.05) is 0 Å². The number of aromatic nitrogens is 3. The lowest BCUT2D eigenvalue weighted by Gasteiger charge is -2.05. The Morgan fingerprint density at radius 2 is 2.32 bits per heavy atom. The predicted molar refractivity (Wildman–Crippen MR) is 69.4 cm³/mol. The summed E-state index contributed by atoms with van der Waals surface area (Å²) < 4.78 is 19.2. The highest BCUT2D eigenvalue weighted by Crippen LogP contribution is 2.19. The molecule has 0 saturated heterocycles. The van der Waals surface area contributed by atoms with Crippen LogP contribution in [0.25, 0.3) is 5.82 Å². The van der Waals surface area contributed by atoms with Gasteiger partial charge in [0.1, 0.15) is 16.0 Å². The standard InChI is InChI=1S/C11H10BrFN4O2/c1-2-19-11(18)6-5-15-17(10(6)14)8-4-3-7(13)9(12)16-8/h3-5H,2,14H2,1H3. The van der Waals surface area contributed by atoms with Gasteiger partial charge in [0.2, 0.25) is 0 Å². The largest absolute Gasteiger partial charge is 0.462 e. The molecule has 19 heavy (non-hydrogen) atoms. The number of nitrogens with two attached hydrogens (primary N) is 1. The number of hydrogen-bond acceptors (Lipinski definition) is 5. The minimum atomic E-state index is -0.563. The first-order valence-corrected chi connectivity index (χ1v) is 6.17. The summed E-state index contributed by atoms with van der Waals surface area (Å²) in [6.07, 6.45) is 1.28. The maximum atomic E-state index is 13.1. The average Bonchev–Trinajstić information content (AvgIpc) is 2.75. The second-order valence-corrected chi connectivity index (χ2v) is 4.27. The molecule has 0 aliphatic carbocycles. The van der Waals surface area contributed by atoms with Crippen molar-refractivity contribution in [1.82, 2.24) is 14.8 Å². The maximum absolute atomic E-state index is 13.1. The Hall–Kier alpha value is -1.96. The Bertz CT molecular complexity index is 629. The molecule has 0 aliphatic heterocycles. The minimum absolute atomic E-state index is 0.0394. The van der Waals surface area contributed by atoms with E-state index in [0.29, 0.717) is 5.82 Å². The van der Waals surface area contributed by atoms with Crippen molar-refractivity contribution in [2.24, 2.45) is 0 Å². The van der Waals surface area contributed by atoms with Gasteiger partial charge in [-0.15, -0.1) is 0 Å². The predicted octanol–water partition coefficient (Wildman–Crippen LogP) is 1.93. The van der Waals surface area contributed by atoms with E-state index in [2.05, 4.69) is 26.0 Å². The Balaban J connectivity index is 2.41. The van der Waals surface area contributed by atoms with Crippen LogP contribution in [0.5, 0.6) is 0 Å². The first-order chi connectivity index (χ1) is 9.04. The average molecular weight is 329 g/mol. The molecule has 0 spiro atoms. The van der Waals surface area contributed by atoms with E-state index < -0.39 is 11.8 Å². The van der Waals surface area contributed by atoms with Crippen LogP contribution < -0.4 is 5.73 Å². The lowest BCUT2D eigenvalue weighted by atomic mass is 10.3. The van der Waals surface area contributed by atoms with Gasteiger partial charge in [-0.3, -0.25) is 0 Å². The summed E-state index contributed by atoms with van der Waals surface area (Å²) in [5.74, 6) is -0.682. The van der Waals surface area contributed by atoms with Crippen LogP contribution in [0.15, 0.2) is 22.9 Å². The SMILES string of the molecule is CCOC(=O)c1cnn(-c2ccc(F)c(Br)n2)c1N. The fourth-order valence-electron chi connectivity index (χ4n) is 1.43. The first kappa shape index (κ1) is 13.5. The maximum Gasteiger partial charge on any atom is 0.343 e. The normalized spacial score (nSPS) is 10.5. The molecule has 0 fully saturated rings. The Morgan fingerprint density at radius 3 is 2.95 bits per heavy atom. The van der Waals surface area contributed by atoms with Crippen molar-refractivity contribution in [3.05, 3.63) is 34.3 Å². The van der Waals surface area contributed by atoms with Crippen LogP contribution in [-0.4, -0.2) is 27.3 Å². The molecule has 2 heterocycles. The highest BCUT2D eigenvalue weighted by molar-refractivity contribution is 9.10. The number of ether oxygens (including phenoxy) is 1. The van der Waals surface area contributed by atoms with Crippen molar-refractivity contribution in [1.29, 1.82) is 0 Å². The molecule has 0 unspecified atom stereocenters. The Labute approximate surface area is 116 Å². The molecule has 2 aromatic rings. The zero-order valence-corrected chi connectivity index (χ0v) is 11.5. The highest BCUT2D eigenvalue weighted by Gasteiger charge is 2.18. The smallest absolute Gasteiger partial charge is 0.343 e. The molecule has 0 amide bonds. The van der Waals surface area contributed by atoms with Crippen molar-refractivity contribution in [3.8, 4) is 5.82 Å². The Morgan fingerprint density at radius 1 is 1.58 bits per heavy atom. The summed E-state index contributed by atoms with van der Waals surface area (Å²) in [5.41, 5.74) is 5.95. The van der Waals surface area contributed by atoms with E-state index >= 15 is 0 Å². The van der Waals surface area contributed by atoms with Crippen LogP contribution in [0.3, 0.4) is 0 Å². The number of nitrogens with zero attached hydrogens (tertiary/aromatic N) is 3. The zero-order chi connectivity index (χ0) is 14.0. The molecule has 0 radical (unpaired) electrons. The summed E-state index contributed by atoms with van der Waals surface area (Å²) in [5, 5.41) is 3.95. The van der Waals surface area contributed by atoms with Crippen molar-refractivity contribution in [2.75, 3.05) is 12.3 Å². The summed E-state index contributed by atoms with van der Waals surface area (Å²) in [4.78, 5) is 15.5. The van der Waals surface area contributed by atoms with Crippen molar-refractivity contribution < 1.29 is 13.9 Å². The monoisotopic (exact) mass is 328 g/mol. The second kappa shape index (κ2) is 5.35. The molecule has 8 heteroatoms. The molecule has 0 atom stereocenters. The van der Waals surface area contributed by atoms with E-state index in [0.717, 1.165) is 0 Å². The number of rotatable bonds is 3. The van der Waals surface area contributed by atoms with Gasteiger partial charge in [-0.2, -0.15) is 9.78 Å².